The number of nitrogens with one attached hydrogen (secondary N) is 1. The smallest absolute Gasteiger partial charge is 0.125 e. The maximum absolute atomic E-state index is 5.68. The first kappa shape index (κ1) is 11.1. The molecule has 0 spiro atoms. The van der Waals surface area contributed by atoms with Gasteiger partial charge in [-0.2, -0.15) is 0 Å². The number of halogens is 1. The predicted molar refractivity (Wildman–Crippen MR) is 69.3 cm³/mol. The van der Waals surface area contributed by atoms with E-state index in [-0.39, 0.29) is 6.04 Å². The van der Waals surface area contributed by atoms with Gasteiger partial charge in [-0.05, 0) is 53.2 Å². The fraction of sp³-hybridized carbons (Fsp3) is 0.167. The zero-order valence-corrected chi connectivity index (χ0v) is 10.5. The Balaban J connectivity index is 2.15. The quantitative estimate of drug-likeness (QED) is 0.841. The Morgan fingerprint density at radius 2 is 2.19 bits per heavy atom. The van der Waals surface area contributed by atoms with E-state index in [4.69, 9.17) is 10.2 Å². The van der Waals surface area contributed by atoms with Crippen LogP contribution in [0.2, 0.25) is 0 Å². The van der Waals surface area contributed by atoms with Crippen molar-refractivity contribution in [2.24, 2.45) is 0 Å². The number of rotatable bonds is 3. The predicted octanol–water partition coefficient (Wildman–Crippen LogP) is 3.80. The average molecular weight is 281 g/mol. The van der Waals surface area contributed by atoms with Crippen LogP contribution in [0.5, 0.6) is 0 Å². The summed E-state index contributed by atoms with van der Waals surface area (Å²) in [4.78, 5) is 0. The molecule has 0 fully saturated rings. The molecule has 2 rings (SSSR count). The first-order valence-corrected chi connectivity index (χ1v) is 5.81. The molecule has 4 heteroatoms. The summed E-state index contributed by atoms with van der Waals surface area (Å²) in [7, 11) is 0. The molecule has 0 aliphatic carbocycles. The fourth-order valence-electron chi connectivity index (χ4n) is 1.49. The highest BCUT2D eigenvalue weighted by Gasteiger charge is 2.09. The van der Waals surface area contributed by atoms with Crippen LogP contribution >= 0.6 is 15.9 Å². The van der Waals surface area contributed by atoms with Gasteiger partial charge in [0.25, 0.3) is 0 Å². The van der Waals surface area contributed by atoms with Crippen LogP contribution in [-0.2, 0) is 0 Å². The molecule has 84 valence electrons. The van der Waals surface area contributed by atoms with Crippen molar-refractivity contribution in [3.8, 4) is 0 Å². The van der Waals surface area contributed by atoms with Crippen LogP contribution in [-0.4, -0.2) is 0 Å². The number of furan rings is 1. The number of anilines is 2. The molecule has 0 aliphatic rings. The van der Waals surface area contributed by atoms with E-state index in [0.717, 1.165) is 21.6 Å². The second-order valence-corrected chi connectivity index (χ2v) is 4.48. The van der Waals surface area contributed by atoms with E-state index in [9.17, 15) is 0 Å². The average Bonchev–Trinajstić information content (AvgIpc) is 2.75. The van der Waals surface area contributed by atoms with Crippen molar-refractivity contribution < 1.29 is 4.42 Å². The first-order valence-electron chi connectivity index (χ1n) is 5.02. The van der Waals surface area contributed by atoms with E-state index < -0.39 is 0 Å². The van der Waals surface area contributed by atoms with Crippen molar-refractivity contribution in [2.45, 2.75) is 13.0 Å². The monoisotopic (exact) mass is 280 g/mol. The van der Waals surface area contributed by atoms with Crippen LogP contribution in [0.1, 0.15) is 18.7 Å². The third-order valence-electron chi connectivity index (χ3n) is 2.34. The zero-order chi connectivity index (χ0) is 11.5. The Morgan fingerprint density at radius 3 is 2.81 bits per heavy atom. The lowest BCUT2D eigenvalue weighted by molar-refractivity contribution is 0.490. The highest BCUT2D eigenvalue weighted by Crippen LogP contribution is 2.28. The van der Waals surface area contributed by atoms with E-state index in [1.165, 1.54) is 0 Å². The second-order valence-electron chi connectivity index (χ2n) is 3.62. The minimum atomic E-state index is 0.120. The third-order valence-corrected chi connectivity index (χ3v) is 2.99. The lowest BCUT2D eigenvalue weighted by Gasteiger charge is -2.14. The molecule has 0 saturated heterocycles. The molecule has 3 N–H and O–H groups in total. The summed E-state index contributed by atoms with van der Waals surface area (Å²) in [6.45, 7) is 2.04. The van der Waals surface area contributed by atoms with Gasteiger partial charge < -0.3 is 15.5 Å². The van der Waals surface area contributed by atoms with Gasteiger partial charge in [0.1, 0.15) is 5.76 Å². The Kier molecular flexibility index (Phi) is 3.19. The number of nitrogens with two attached hydrogens (primary N) is 1. The van der Waals surface area contributed by atoms with Crippen molar-refractivity contribution in [1.82, 2.24) is 0 Å². The molecule has 2 aromatic rings. The van der Waals surface area contributed by atoms with Gasteiger partial charge in [0.15, 0.2) is 0 Å². The number of hydrogen-bond acceptors (Lipinski definition) is 3. The molecular formula is C12H13BrN2O. The van der Waals surface area contributed by atoms with Crippen molar-refractivity contribution >= 4 is 27.3 Å². The molecule has 0 bridgehead atoms. The molecule has 1 atom stereocenters. The molecule has 3 nitrogen and oxygen atoms in total. The molecule has 1 aromatic carbocycles. The summed E-state index contributed by atoms with van der Waals surface area (Å²) in [5, 5.41) is 3.34. The Morgan fingerprint density at radius 1 is 1.38 bits per heavy atom. The van der Waals surface area contributed by atoms with Gasteiger partial charge in [0.2, 0.25) is 0 Å². The standard InChI is InChI=1S/C12H13BrN2O/c1-8(12-3-2-6-16-12)15-11-5-4-9(14)7-10(11)13/h2-8,15H,14H2,1H3. The fourth-order valence-corrected chi connectivity index (χ4v) is 2.00. The maximum atomic E-state index is 5.68. The van der Waals surface area contributed by atoms with Gasteiger partial charge >= 0.3 is 0 Å². The zero-order valence-electron chi connectivity index (χ0n) is 8.91. The van der Waals surface area contributed by atoms with E-state index in [0.29, 0.717) is 0 Å². The molecule has 0 saturated carbocycles. The van der Waals surface area contributed by atoms with Crippen molar-refractivity contribution in [3.05, 3.63) is 46.8 Å². The second kappa shape index (κ2) is 4.61. The summed E-state index contributed by atoms with van der Waals surface area (Å²) in [5.41, 5.74) is 7.41. The van der Waals surface area contributed by atoms with Crippen LogP contribution < -0.4 is 11.1 Å². The van der Waals surface area contributed by atoms with Gasteiger partial charge in [0, 0.05) is 15.8 Å². The summed E-state index contributed by atoms with van der Waals surface area (Å²) in [5.74, 6) is 0.906. The Bertz CT molecular complexity index is 468. The molecule has 0 radical (unpaired) electrons. The molecule has 16 heavy (non-hydrogen) atoms. The van der Waals surface area contributed by atoms with Crippen LogP contribution in [0.25, 0.3) is 0 Å². The maximum Gasteiger partial charge on any atom is 0.125 e. The molecule has 1 unspecified atom stereocenters. The van der Waals surface area contributed by atoms with E-state index in [2.05, 4.69) is 21.2 Å². The highest BCUT2D eigenvalue weighted by molar-refractivity contribution is 9.10. The van der Waals surface area contributed by atoms with Gasteiger partial charge in [-0.15, -0.1) is 0 Å². The molecule has 1 aromatic heterocycles. The largest absolute Gasteiger partial charge is 0.467 e. The van der Waals surface area contributed by atoms with Gasteiger partial charge in [-0.1, -0.05) is 0 Å². The summed E-state index contributed by atoms with van der Waals surface area (Å²) in [6.07, 6.45) is 1.67. The Labute approximate surface area is 103 Å². The lowest BCUT2D eigenvalue weighted by atomic mass is 10.2. The molecule has 1 heterocycles. The minimum absolute atomic E-state index is 0.120. The van der Waals surface area contributed by atoms with Crippen LogP contribution in [0.15, 0.2) is 45.5 Å². The number of hydrogen-bond donors (Lipinski definition) is 2. The van der Waals surface area contributed by atoms with Crippen LogP contribution in [0, 0.1) is 0 Å². The normalized spacial score (nSPS) is 12.4. The van der Waals surface area contributed by atoms with E-state index in [1.54, 1.807) is 6.26 Å². The summed E-state index contributed by atoms with van der Waals surface area (Å²) < 4.78 is 6.28. The van der Waals surface area contributed by atoms with Gasteiger partial charge in [0.05, 0.1) is 12.3 Å². The SMILES string of the molecule is CC(Nc1ccc(N)cc1Br)c1ccco1. The van der Waals surface area contributed by atoms with Crippen LogP contribution in [0.3, 0.4) is 0 Å². The molecular weight excluding hydrogens is 268 g/mol. The third kappa shape index (κ3) is 2.39. The highest BCUT2D eigenvalue weighted by atomic mass is 79.9. The van der Waals surface area contributed by atoms with E-state index in [1.807, 2.05) is 37.3 Å². The van der Waals surface area contributed by atoms with Crippen molar-refractivity contribution in [1.29, 1.82) is 0 Å². The van der Waals surface area contributed by atoms with Crippen molar-refractivity contribution in [3.63, 3.8) is 0 Å². The number of benzene rings is 1. The van der Waals surface area contributed by atoms with Crippen LogP contribution in [0.4, 0.5) is 11.4 Å². The minimum Gasteiger partial charge on any atom is -0.467 e. The summed E-state index contributed by atoms with van der Waals surface area (Å²) in [6, 6.07) is 9.63. The topological polar surface area (TPSA) is 51.2 Å². The van der Waals surface area contributed by atoms with Crippen molar-refractivity contribution in [2.75, 3.05) is 11.1 Å². The number of nitrogen functional groups attached to an aromatic ring is 1. The lowest BCUT2D eigenvalue weighted by Crippen LogP contribution is -2.06. The van der Waals surface area contributed by atoms with Gasteiger partial charge in [-0.3, -0.25) is 0 Å². The molecule has 0 aliphatic heterocycles. The van der Waals surface area contributed by atoms with E-state index >= 15 is 0 Å². The first-order chi connectivity index (χ1) is 7.66. The van der Waals surface area contributed by atoms with Gasteiger partial charge in [-0.25, -0.2) is 0 Å². The molecule has 0 amide bonds. The summed E-state index contributed by atoms with van der Waals surface area (Å²) >= 11 is 3.47. The Hall–Kier alpha value is -1.42.